The summed E-state index contributed by atoms with van der Waals surface area (Å²) in [5, 5.41) is 0. The highest BCUT2D eigenvalue weighted by molar-refractivity contribution is 6.63. The number of hydrogen-bond donors (Lipinski definition) is 0. The Hall–Kier alpha value is -2.52. The molecule has 0 radical (unpaired) electrons. The van der Waals surface area contributed by atoms with Crippen molar-refractivity contribution in [3.8, 4) is 11.5 Å². The van der Waals surface area contributed by atoms with Crippen LogP contribution in [0, 0.1) is 0 Å². The van der Waals surface area contributed by atoms with Gasteiger partial charge in [0, 0.05) is 25.5 Å². The van der Waals surface area contributed by atoms with Gasteiger partial charge in [0.1, 0.15) is 17.1 Å². The van der Waals surface area contributed by atoms with Gasteiger partial charge in [-0.05, 0) is 45.3 Å². The van der Waals surface area contributed by atoms with Crippen molar-refractivity contribution in [1.82, 2.24) is 0 Å². The second-order valence-corrected chi connectivity index (χ2v) is 8.66. The van der Waals surface area contributed by atoms with Gasteiger partial charge < -0.3 is 28.3 Å². The summed E-state index contributed by atoms with van der Waals surface area (Å²) >= 11 is 0. The molecular weight excluding hydrogens is 391 g/mol. The summed E-state index contributed by atoms with van der Waals surface area (Å²) in [6.07, 6.45) is 1.37. The van der Waals surface area contributed by atoms with E-state index in [1.165, 1.54) is 34.1 Å². The van der Waals surface area contributed by atoms with Crippen LogP contribution in [0.1, 0.15) is 47.1 Å². The lowest BCUT2D eigenvalue weighted by Crippen LogP contribution is -2.42. The summed E-state index contributed by atoms with van der Waals surface area (Å²) in [5.74, 6) is -2.02. The van der Waals surface area contributed by atoms with Gasteiger partial charge in [-0.2, -0.15) is 0 Å². The first-order chi connectivity index (χ1) is 13.8. The third-order valence-corrected chi connectivity index (χ3v) is 5.52. The van der Waals surface area contributed by atoms with Gasteiger partial charge in [0.25, 0.3) is 5.79 Å². The molecule has 30 heavy (non-hydrogen) atoms. The maximum atomic E-state index is 12.5. The van der Waals surface area contributed by atoms with Gasteiger partial charge in [-0.1, -0.05) is 0 Å². The molecule has 2 fully saturated rings. The van der Waals surface area contributed by atoms with Crippen molar-refractivity contribution in [3.63, 3.8) is 0 Å². The Morgan fingerprint density at radius 2 is 1.40 bits per heavy atom. The second-order valence-electron chi connectivity index (χ2n) is 8.66. The number of benzene rings is 1. The molecule has 1 aromatic rings. The third-order valence-electron chi connectivity index (χ3n) is 5.52. The summed E-state index contributed by atoms with van der Waals surface area (Å²) in [5.41, 5.74) is -0.463. The predicted molar refractivity (Wildman–Crippen MR) is 110 cm³/mol. The molecule has 0 atom stereocenters. The standard InChI is InChI=1S/C21H27BO8/c1-19(2)20(3,4)30-22(29-19)15-9-12(25-7)10-16(26-8)13(15)11-14-17(23)27-21(5,6)28-18(14)24/h9-11H,1-8H3. The molecule has 162 valence electrons. The van der Waals surface area contributed by atoms with Crippen LogP contribution < -0.4 is 14.9 Å². The van der Waals surface area contributed by atoms with Crippen LogP contribution in [0.5, 0.6) is 11.5 Å². The highest BCUT2D eigenvalue weighted by atomic mass is 16.7. The molecule has 0 aliphatic carbocycles. The van der Waals surface area contributed by atoms with Crippen molar-refractivity contribution < 1.29 is 37.8 Å². The lowest BCUT2D eigenvalue weighted by atomic mass is 9.75. The van der Waals surface area contributed by atoms with E-state index in [0.717, 1.165) is 0 Å². The van der Waals surface area contributed by atoms with E-state index in [2.05, 4.69) is 0 Å². The number of hydrogen-bond acceptors (Lipinski definition) is 8. The highest BCUT2D eigenvalue weighted by Crippen LogP contribution is 2.38. The normalized spacial score (nSPS) is 21.7. The summed E-state index contributed by atoms with van der Waals surface area (Å²) in [4.78, 5) is 24.9. The first-order valence-corrected chi connectivity index (χ1v) is 9.60. The van der Waals surface area contributed by atoms with Crippen molar-refractivity contribution in [2.75, 3.05) is 14.2 Å². The van der Waals surface area contributed by atoms with Crippen molar-refractivity contribution >= 4 is 30.6 Å². The molecule has 0 bridgehead atoms. The highest BCUT2D eigenvalue weighted by Gasteiger charge is 2.52. The number of carbonyl (C=O) groups excluding carboxylic acids is 2. The monoisotopic (exact) mass is 418 g/mol. The Kier molecular flexibility index (Phi) is 5.41. The van der Waals surface area contributed by atoms with Crippen LogP contribution in [-0.4, -0.2) is 50.3 Å². The average Bonchev–Trinajstić information content (AvgIpc) is 2.84. The molecule has 2 saturated heterocycles. The van der Waals surface area contributed by atoms with Gasteiger partial charge >= 0.3 is 19.1 Å². The van der Waals surface area contributed by atoms with Crippen LogP contribution in [0.15, 0.2) is 17.7 Å². The molecule has 0 amide bonds. The number of esters is 2. The first-order valence-electron chi connectivity index (χ1n) is 9.60. The Morgan fingerprint density at radius 1 is 0.867 bits per heavy atom. The zero-order chi connectivity index (χ0) is 22.5. The lowest BCUT2D eigenvalue weighted by molar-refractivity contribution is -0.222. The molecule has 0 spiro atoms. The first kappa shape index (κ1) is 22.2. The molecule has 0 N–H and O–H groups in total. The van der Waals surface area contributed by atoms with Crippen LogP contribution in [-0.2, 0) is 28.4 Å². The van der Waals surface area contributed by atoms with E-state index in [9.17, 15) is 9.59 Å². The number of methoxy groups -OCH3 is 2. The summed E-state index contributed by atoms with van der Waals surface area (Å²) < 4.78 is 33.6. The third kappa shape index (κ3) is 3.91. The maximum absolute atomic E-state index is 12.5. The molecule has 2 aliphatic rings. The summed E-state index contributed by atoms with van der Waals surface area (Å²) in [7, 11) is 2.22. The molecule has 1 aromatic carbocycles. The summed E-state index contributed by atoms with van der Waals surface area (Å²) in [6.45, 7) is 10.7. The number of cyclic esters (lactones) is 2. The summed E-state index contributed by atoms with van der Waals surface area (Å²) in [6, 6.07) is 3.37. The molecule has 9 heteroatoms. The Morgan fingerprint density at radius 3 is 1.87 bits per heavy atom. The molecule has 3 rings (SSSR count). The fourth-order valence-corrected chi connectivity index (χ4v) is 3.15. The number of rotatable bonds is 4. The van der Waals surface area contributed by atoms with Gasteiger partial charge in [-0.25, -0.2) is 9.59 Å². The van der Waals surface area contributed by atoms with Gasteiger partial charge in [-0.15, -0.1) is 0 Å². The Labute approximate surface area is 176 Å². The quantitative estimate of drug-likeness (QED) is 0.318. The van der Waals surface area contributed by atoms with Crippen LogP contribution in [0.3, 0.4) is 0 Å². The van der Waals surface area contributed by atoms with Crippen LogP contribution in [0.2, 0.25) is 0 Å². The van der Waals surface area contributed by atoms with E-state index >= 15 is 0 Å². The van der Waals surface area contributed by atoms with Gasteiger partial charge in [0.15, 0.2) is 0 Å². The molecule has 8 nitrogen and oxygen atoms in total. The van der Waals surface area contributed by atoms with Crippen molar-refractivity contribution in [2.24, 2.45) is 0 Å². The topological polar surface area (TPSA) is 89.5 Å². The lowest BCUT2D eigenvalue weighted by Gasteiger charge is -2.32. The van der Waals surface area contributed by atoms with E-state index in [-0.39, 0.29) is 5.57 Å². The van der Waals surface area contributed by atoms with E-state index in [0.29, 0.717) is 22.5 Å². The van der Waals surface area contributed by atoms with Crippen molar-refractivity contribution in [3.05, 3.63) is 23.3 Å². The van der Waals surface area contributed by atoms with Crippen LogP contribution >= 0.6 is 0 Å². The van der Waals surface area contributed by atoms with Crippen LogP contribution in [0.4, 0.5) is 0 Å². The molecule has 0 unspecified atom stereocenters. The maximum Gasteiger partial charge on any atom is 0.495 e. The Balaban J connectivity index is 2.15. The number of ether oxygens (including phenoxy) is 4. The van der Waals surface area contributed by atoms with E-state index in [1.807, 2.05) is 27.7 Å². The zero-order valence-electron chi connectivity index (χ0n) is 18.6. The Bertz CT molecular complexity index is 878. The SMILES string of the molecule is COc1cc(OC)c(C=C2C(=O)OC(C)(C)OC2=O)c(B2OC(C)(C)C(C)(C)O2)c1. The second kappa shape index (κ2) is 7.32. The van der Waals surface area contributed by atoms with Gasteiger partial charge in [-0.3, -0.25) is 0 Å². The minimum atomic E-state index is -1.33. The minimum absolute atomic E-state index is 0.254. The largest absolute Gasteiger partial charge is 0.497 e. The average molecular weight is 418 g/mol. The minimum Gasteiger partial charge on any atom is -0.497 e. The molecule has 2 aliphatic heterocycles. The van der Waals surface area contributed by atoms with Crippen molar-refractivity contribution in [1.29, 1.82) is 0 Å². The predicted octanol–water partition coefficient (Wildman–Crippen LogP) is 2.22. The molecule has 0 saturated carbocycles. The van der Waals surface area contributed by atoms with Crippen molar-refractivity contribution in [2.45, 2.75) is 58.5 Å². The zero-order valence-corrected chi connectivity index (χ0v) is 18.6. The molecule has 2 heterocycles. The van der Waals surface area contributed by atoms with E-state index in [4.69, 9.17) is 28.3 Å². The smallest absolute Gasteiger partial charge is 0.495 e. The van der Waals surface area contributed by atoms with E-state index in [1.54, 1.807) is 12.1 Å². The van der Waals surface area contributed by atoms with Gasteiger partial charge in [0.2, 0.25) is 0 Å². The van der Waals surface area contributed by atoms with E-state index < -0.39 is 36.0 Å². The van der Waals surface area contributed by atoms with Crippen LogP contribution in [0.25, 0.3) is 6.08 Å². The number of carbonyl (C=O) groups is 2. The fraction of sp³-hybridized carbons (Fsp3) is 0.524. The van der Waals surface area contributed by atoms with Gasteiger partial charge in [0.05, 0.1) is 25.4 Å². The molecular formula is C21H27BO8. The fourth-order valence-electron chi connectivity index (χ4n) is 3.15. The molecule has 0 aromatic heterocycles.